The molecular formula is C26H17N3O4. The molecular weight excluding hydrogens is 418 g/mol. The Bertz CT molecular complexity index is 1500. The number of hydrogen-bond donors (Lipinski definition) is 2. The molecule has 2 N–H and O–H groups in total. The number of aromatic hydroxyl groups is 2. The Kier molecular flexibility index (Phi) is 4.91. The van der Waals surface area contributed by atoms with Gasteiger partial charge in [0.25, 0.3) is 5.69 Å². The average molecular weight is 435 g/mol. The van der Waals surface area contributed by atoms with Crippen molar-refractivity contribution < 1.29 is 15.1 Å². The largest absolute Gasteiger partial charge is 0.508 e. The lowest BCUT2D eigenvalue weighted by Gasteiger charge is -2.16. The van der Waals surface area contributed by atoms with E-state index in [0.717, 1.165) is 11.1 Å². The Morgan fingerprint density at radius 1 is 0.697 bits per heavy atom. The van der Waals surface area contributed by atoms with Crippen molar-refractivity contribution in [3.63, 3.8) is 0 Å². The van der Waals surface area contributed by atoms with Gasteiger partial charge in [0, 0.05) is 11.6 Å². The van der Waals surface area contributed by atoms with E-state index in [4.69, 9.17) is 0 Å². The van der Waals surface area contributed by atoms with Crippen LogP contribution >= 0.6 is 0 Å². The fraction of sp³-hybridized carbons (Fsp3) is 0. The normalized spacial score (nSPS) is 10.9. The van der Waals surface area contributed by atoms with Gasteiger partial charge in [-0.3, -0.25) is 15.1 Å². The summed E-state index contributed by atoms with van der Waals surface area (Å²) in [6, 6.07) is 23.6. The second-order valence-corrected chi connectivity index (χ2v) is 7.48. The molecule has 160 valence electrons. The number of nitro benzene ring substituents is 1. The van der Waals surface area contributed by atoms with Crippen LogP contribution in [0.4, 0.5) is 5.69 Å². The third-order valence-corrected chi connectivity index (χ3v) is 5.42. The number of fused-ring (bicyclic) bond motifs is 1. The van der Waals surface area contributed by atoms with Gasteiger partial charge in [0.1, 0.15) is 11.5 Å². The third kappa shape index (κ3) is 3.72. The van der Waals surface area contributed by atoms with Crippen LogP contribution in [0.25, 0.3) is 44.5 Å². The molecule has 1 heterocycles. The van der Waals surface area contributed by atoms with Gasteiger partial charge in [0.15, 0.2) is 0 Å². The van der Waals surface area contributed by atoms with Crippen molar-refractivity contribution in [1.29, 1.82) is 0 Å². The standard InChI is InChI=1S/C26H17N3O4/c30-18-9-5-16(6-10-18)20-13-14-24(29(32)33)26(25(20)17-7-11-19(31)12-8-17)23-15-27-21-3-1-2-4-22(21)28-23/h1-15,30-31H. The topological polar surface area (TPSA) is 109 Å². The smallest absolute Gasteiger partial charge is 0.279 e. The Morgan fingerprint density at radius 2 is 1.30 bits per heavy atom. The quantitative estimate of drug-likeness (QED) is 0.267. The summed E-state index contributed by atoms with van der Waals surface area (Å²) in [5, 5.41) is 31.6. The summed E-state index contributed by atoms with van der Waals surface area (Å²) in [4.78, 5) is 20.8. The van der Waals surface area contributed by atoms with Crippen molar-refractivity contribution in [3.8, 4) is 45.0 Å². The van der Waals surface area contributed by atoms with E-state index in [-0.39, 0.29) is 17.2 Å². The molecule has 0 saturated carbocycles. The molecule has 0 aliphatic rings. The lowest BCUT2D eigenvalue weighted by Crippen LogP contribution is -1.99. The van der Waals surface area contributed by atoms with Crippen LogP contribution in [0.5, 0.6) is 11.5 Å². The van der Waals surface area contributed by atoms with Gasteiger partial charge in [0.2, 0.25) is 0 Å². The van der Waals surface area contributed by atoms with Gasteiger partial charge < -0.3 is 10.2 Å². The van der Waals surface area contributed by atoms with Crippen LogP contribution in [0, 0.1) is 10.1 Å². The van der Waals surface area contributed by atoms with Gasteiger partial charge >= 0.3 is 0 Å². The van der Waals surface area contributed by atoms with E-state index in [0.29, 0.717) is 33.4 Å². The molecule has 7 nitrogen and oxygen atoms in total. The molecule has 0 atom stereocenters. The summed E-state index contributed by atoms with van der Waals surface area (Å²) in [6.45, 7) is 0. The molecule has 0 aliphatic carbocycles. The molecule has 5 aromatic rings. The number of hydrogen-bond acceptors (Lipinski definition) is 6. The number of phenols is 2. The minimum Gasteiger partial charge on any atom is -0.508 e. The SMILES string of the molecule is O=[N+]([O-])c1ccc(-c2ccc(O)cc2)c(-c2ccc(O)cc2)c1-c1cnc2ccccc2n1. The van der Waals surface area contributed by atoms with Gasteiger partial charge in [0.05, 0.1) is 33.4 Å². The summed E-state index contributed by atoms with van der Waals surface area (Å²) in [5.41, 5.74) is 4.63. The van der Waals surface area contributed by atoms with Crippen LogP contribution < -0.4 is 0 Å². The monoisotopic (exact) mass is 435 g/mol. The highest BCUT2D eigenvalue weighted by atomic mass is 16.6. The van der Waals surface area contributed by atoms with Gasteiger partial charge in [-0.05, 0) is 59.2 Å². The van der Waals surface area contributed by atoms with E-state index in [9.17, 15) is 20.3 Å². The van der Waals surface area contributed by atoms with Gasteiger partial charge in [-0.1, -0.05) is 36.4 Å². The first-order valence-electron chi connectivity index (χ1n) is 10.1. The van der Waals surface area contributed by atoms with Crippen LogP contribution in [-0.2, 0) is 0 Å². The minimum atomic E-state index is -0.434. The summed E-state index contributed by atoms with van der Waals surface area (Å²) in [6.07, 6.45) is 1.54. The number of para-hydroxylation sites is 2. The van der Waals surface area contributed by atoms with Crippen molar-refractivity contribution in [3.05, 3.63) is 101 Å². The molecule has 0 amide bonds. The molecule has 0 spiro atoms. The number of aromatic nitrogens is 2. The first-order valence-corrected chi connectivity index (χ1v) is 10.1. The molecule has 0 radical (unpaired) electrons. The highest BCUT2D eigenvalue weighted by Gasteiger charge is 2.25. The maximum absolute atomic E-state index is 12.1. The Hall–Kier alpha value is -4.78. The predicted octanol–water partition coefficient (Wildman–Crippen LogP) is 5.95. The molecule has 0 fully saturated rings. The maximum Gasteiger partial charge on any atom is 0.279 e. The fourth-order valence-corrected chi connectivity index (χ4v) is 3.89. The number of rotatable bonds is 4. The fourth-order valence-electron chi connectivity index (χ4n) is 3.89. The van der Waals surface area contributed by atoms with E-state index in [1.54, 1.807) is 42.5 Å². The zero-order valence-electron chi connectivity index (χ0n) is 17.2. The molecule has 1 aromatic heterocycles. The highest BCUT2D eigenvalue weighted by Crippen LogP contribution is 2.45. The van der Waals surface area contributed by atoms with Gasteiger partial charge in [-0.15, -0.1) is 0 Å². The minimum absolute atomic E-state index is 0.0856. The first kappa shape index (κ1) is 20.1. The molecule has 0 unspecified atom stereocenters. The molecule has 5 rings (SSSR count). The molecule has 7 heteroatoms. The number of nitro groups is 1. The summed E-state index contributed by atoms with van der Waals surface area (Å²) >= 11 is 0. The van der Waals surface area contributed by atoms with E-state index in [1.165, 1.54) is 24.4 Å². The number of nitrogens with zero attached hydrogens (tertiary/aromatic N) is 3. The lowest BCUT2D eigenvalue weighted by molar-refractivity contribution is -0.384. The lowest BCUT2D eigenvalue weighted by atomic mass is 9.88. The molecule has 0 aliphatic heterocycles. The second kappa shape index (κ2) is 8.05. The molecule has 4 aromatic carbocycles. The van der Waals surface area contributed by atoms with Crippen LogP contribution in [-0.4, -0.2) is 25.1 Å². The highest BCUT2D eigenvalue weighted by molar-refractivity contribution is 5.98. The molecule has 0 saturated heterocycles. The Labute approximate surface area is 188 Å². The van der Waals surface area contributed by atoms with Crippen molar-refractivity contribution in [2.24, 2.45) is 0 Å². The zero-order valence-corrected chi connectivity index (χ0v) is 17.2. The van der Waals surface area contributed by atoms with Crippen LogP contribution in [0.3, 0.4) is 0 Å². The third-order valence-electron chi connectivity index (χ3n) is 5.42. The number of benzene rings is 4. The molecule has 0 bridgehead atoms. The number of phenolic OH excluding ortho intramolecular Hbond substituents is 2. The Morgan fingerprint density at radius 3 is 1.94 bits per heavy atom. The summed E-state index contributed by atoms with van der Waals surface area (Å²) in [5.74, 6) is 0.204. The van der Waals surface area contributed by atoms with Crippen LogP contribution in [0.2, 0.25) is 0 Å². The van der Waals surface area contributed by atoms with Crippen LogP contribution in [0.1, 0.15) is 0 Å². The average Bonchev–Trinajstić information content (AvgIpc) is 2.84. The van der Waals surface area contributed by atoms with Crippen molar-refractivity contribution in [2.75, 3.05) is 0 Å². The summed E-state index contributed by atoms with van der Waals surface area (Å²) in [7, 11) is 0. The summed E-state index contributed by atoms with van der Waals surface area (Å²) < 4.78 is 0. The van der Waals surface area contributed by atoms with Crippen molar-refractivity contribution in [1.82, 2.24) is 9.97 Å². The predicted molar refractivity (Wildman–Crippen MR) is 126 cm³/mol. The van der Waals surface area contributed by atoms with Crippen LogP contribution in [0.15, 0.2) is 91.1 Å². The Balaban J connectivity index is 1.88. The van der Waals surface area contributed by atoms with Gasteiger partial charge in [-0.25, -0.2) is 4.98 Å². The second-order valence-electron chi connectivity index (χ2n) is 7.48. The van der Waals surface area contributed by atoms with Crippen molar-refractivity contribution >= 4 is 16.7 Å². The van der Waals surface area contributed by atoms with E-state index in [2.05, 4.69) is 9.97 Å². The van der Waals surface area contributed by atoms with E-state index < -0.39 is 4.92 Å². The van der Waals surface area contributed by atoms with Crippen molar-refractivity contribution in [2.45, 2.75) is 0 Å². The van der Waals surface area contributed by atoms with Gasteiger partial charge in [-0.2, -0.15) is 0 Å². The van der Waals surface area contributed by atoms with E-state index in [1.807, 2.05) is 24.3 Å². The maximum atomic E-state index is 12.1. The first-order chi connectivity index (χ1) is 16.0. The molecule has 33 heavy (non-hydrogen) atoms. The zero-order chi connectivity index (χ0) is 22.9. The van der Waals surface area contributed by atoms with E-state index >= 15 is 0 Å².